The molecule has 2 aliphatic heterocycles. The van der Waals surface area contributed by atoms with Crippen molar-refractivity contribution in [2.75, 3.05) is 18.4 Å². The molecule has 2 aromatic rings. The number of allylic oxidation sites excluding steroid dienone is 1. The van der Waals surface area contributed by atoms with Gasteiger partial charge in [0.15, 0.2) is 5.76 Å². The number of halogens is 3. The standard InChI is InChI=1S/C31H36Cl2FN7O5/c1-16-14-40(15-17(2)41(16)25(43)6-4-3-5-24(36)42)31(45)18-7-9-19(10-8-18)38-29(44)22(35)13-23-28(37)39-30(46-23)26-20(32)11-12-21(34)27(26)33/h7-13,16-17,30,39H,3-6,14-15,35,37H2,1-2H3,(H2,36,42)(H,38,44)/b22-13-/t16-,17+,30-/m0/s1. The summed E-state index contributed by atoms with van der Waals surface area (Å²) in [7, 11) is 0. The monoisotopic (exact) mass is 675 g/mol. The Morgan fingerprint density at radius 3 is 2.28 bits per heavy atom. The molecule has 4 rings (SSSR count). The van der Waals surface area contributed by atoms with Crippen molar-refractivity contribution in [2.24, 2.45) is 17.2 Å². The second kappa shape index (κ2) is 14.7. The van der Waals surface area contributed by atoms with Crippen LogP contribution in [0.15, 0.2) is 59.8 Å². The number of primary amides is 1. The Morgan fingerprint density at radius 2 is 1.65 bits per heavy atom. The molecule has 2 aliphatic rings. The molecule has 15 heteroatoms. The summed E-state index contributed by atoms with van der Waals surface area (Å²) in [6.07, 6.45) is 1.91. The lowest BCUT2D eigenvalue weighted by Crippen LogP contribution is -2.59. The Morgan fingerprint density at radius 1 is 1.02 bits per heavy atom. The molecular weight excluding hydrogens is 640 g/mol. The van der Waals surface area contributed by atoms with Gasteiger partial charge >= 0.3 is 0 Å². The van der Waals surface area contributed by atoms with Crippen molar-refractivity contribution in [3.63, 3.8) is 0 Å². The third-order valence-electron chi connectivity index (χ3n) is 7.63. The summed E-state index contributed by atoms with van der Waals surface area (Å²) < 4.78 is 19.7. The van der Waals surface area contributed by atoms with E-state index in [1.165, 1.54) is 12.1 Å². The van der Waals surface area contributed by atoms with Crippen LogP contribution >= 0.6 is 23.2 Å². The van der Waals surface area contributed by atoms with E-state index in [-0.39, 0.29) is 69.1 Å². The highest BCUT2D eigenvalue weighted by molar-refractivity contribution is 6.36. The molecule has 1 saturated heterocycles. The molecule has 0 aromatic heterocycles. The van der Waals surface area contributed by atoms with Crippen molar-refractivity contribution in [3.8, 4) is 0 Å². The SMILES string of the molecule is C[C@@H]1CN(C(=O)c2ccc(NC(=O)/C(N)=C/C3=C(N)N[C@H](c4c(Cl)ccc(F)c4Cl)O3)cc2)C[C@H](C)N1C(=O)CCCCC(N)=O. The molecule has 8 N–H and O–H groups in total. The van der Waals surface area contributed by atoms with Crippen molar-refractivity contribution in [2.45, 2.75) is 57.8 Å². The number of unbranched alkanes of at least 4 members (excludes halogenated alkanes) is 1. The lowest BCUT2D eigenvalue weighted by Gasteiger charge is -2.44. The van der Waals surface area contributed by atoms with Gasteiger partial charge in [-0.3, -0.25) is 19.2 Å². The zero-order valence-electron chi connectivity index (χ0n) is 25.3. The van der Waals surface area contributed by atoms with Crippen LogP contribution in [0.4, 0.5) is 10.1 Å². The molecular formula is C31H36Cl2FN7O5. The molecule has 3 atom stereocenters. The van der Waals surface area contributed by atoms with E-state index in [4.69, 9.17) is 45.1 Å². The van der Waals surface area contributed by atoms with Crippen LogP contribution in [-0.2, 0) is 19.1 Å². The maximum atomic E-state index is 14.0. The smallest absolute Gasteiger partial charge is 0.271 e. The quantitative estimate of drug-likeness (QED) is 0.144. The van der Waals surface area contributed by atoms with Gasteiger partial charge in [-0.1, -0.05) is 23.2 Å². The van der Waals surface area contributed by atoms with E-state index in [2.05, 4.69) is 10.6 Å². The number of benzene rings is 2. The second-order valence-corrected chi connectivity index (χ2v) is 12.0. The highest BCUT2D eigenvalue weighted by Crippen LogP contribution is 2.37. The second-order valence-electron chi connectivity index (χ2n) is 11.2. The molecule has 0 unspecified atom stereocenters. The summed E-state index contributed by atoms with van der Waals surface area (Å²) in [6.45, 7) is 4.53. The van der Waals surface area contributed by atoms with Crippen LogP contribution in [0.5, 0.6) is 0 Å². The molecule has 1 fully saturated rings. The number of nitrogens with one attached hydrogen (secondary N) is 2. The lowest BCUT2D eigenvalue weighted by atomic mass is 10.0. The summed E-state index contributed by atoms with van der Waals surface area (Å²) in [4.78, 5) is 53.3. The van der Waals surface area contributed by atoms with E-state index in [9.17, 15) is 23.6 Å². The highest BCUT2D eigenvalue weighted by atomic mass is 35.5. The van der Waals surface area contributed by atoms with Gasteiger partial charge in [-0.2, -0.15) is 0 Å². The Labute approximate surface area is 275 Å². The summed E-state index contributed by atoms with van der Waals surface area (Å²) in [5, 5.41) is 5.36. The Kier molecular flexibility index (Phi) is 11.0. The fraction of sp³-hybridized carbons (Fsp3) is 0.355. The van der Waals surface area contributed by atoms with Gasteiger partial charge in [-0.05, 0) is 63.1 Å². The minimum absolute atomic E-state index is 0.0140. The minimum Gasteiger partial charge on any atom is -0.462 e. The molecule has 0 aliphatic carbocycles. The van der Waals surface area contributed by atoms with Crippen LogP contribution in [0.3, 0.4) is 0 Å². The first-order valence-electron chi connectivity index (χ1n) is 14.6. The molecule has 0 bridgehead atoms. The van der Waals surface area contributed by atoms with Crippen molar-refractivity contribution in [3.05, 3.63) is 86.7 Å². The number of ether oxygens (including phenoxy) is 1. The van der Waals surface area contributed by atoms with Gasteiger partial charge in [0.1, 0.15) is 17.3 Å². The molecule has 0 radical (unpaired) electrons. The van der Waals surface area contributed by atoms with E-state index in [1.54, 1.807) is 34.1 Å². The van der Waals surface area contributed by atoms with Gasteiger partial charge in [0.25, 0.3) is 11.8 Å². The number of amides is 4. The molecule has 0 spiro atoms. The minimum atomic E-state index is -1.00. The van der Waals surface area contributed by atoms with Crippen LogP contribution in [0.25, 0.3) is 0 Å². The van der Waals surface area contributed by atoms with Crippen LogP contribution in [-0.4, -0.2) is 58.6 Å². The summed E-state index contributed by atoms with van der Waals surface area (Å²) in [5.41, 5.74) is 17.8. The number of hydrogen-bond acceptors (Lipinski definition) is 8. The Balaban J connectivity index is 1.32. The van der Waals surface area contributed by atoms with Crippen molar-refractivity contribution in [1.29, 1.82) is 0 Å². The van der Waals surface area contributed by atoms with Crippen molar-refractivity contribution < 1.29 is 28.3 Å². The highest BCUT2D eigenvalue weighted by Gasteiger charge is 2.35. The Hall–Kier alpha value is -4.49. The van der Waals surface area contributed by atoms with Crippen LogP contribution in [0, 0.1) is 5.82 Å². The van der Waals surface area contributed by atoms with Gasteiger partial charge in [0.2, 0.25) is 18.0 Å². The number of carbonyl (C=O) groups is 4. The maximum absolute atomic E-state index is 14.0. The van der Waals surface area contributed by atoms with Crippen molar-refractivity contribution >= 4 is 52.5 Å². The van der Waals surface area contributed by atoms with E-state index in [0.717, 1.165) is 6.07 Å². The average molecular weight is 677 g/mol. The number of nitrogens with zero attached hydrogens (tertiary/aromatic N) is 2. The number of anilines is 1. The van der Waals surface area contributed by atoms with E-state index in [1.807, 2.05) is 13.8 Å². The number of piperazine rings is 1. The zero-order valence-corrected chi connectivity index (χ0v) is 26.8. The molecule has 2 heterocycles. The third-order valence-corrected chi connectivity index (χ3v) is 8.35. The van der Waals surface area contributed by atoms with Crippen LogP contribution in [0.2, 0.25) is 10.0 Å². The molecule has 4 amide bonds. The first-order chi connectivity index (χ1) is 21.8. The van der Waals surface area contributed by atoms with Crippen LogP contribution < -0.4 is 27.8 Å². The molecule has 0 saturated carbocycles. The first-order valence-corrected chi connectivity index (χ1v) is 15.4. The molecule has 12 nitrogen and oxygen atoms in total. The number of carbonyl (C=O) groups excluding carboxylic acids is 4. The van der Waals surface area contributed by atoms with E-state index >= 15 is 0 Å². The van der Waals surface area contributed by atoms with Crippen molar-refractivity contribution in [1.82, 2.24) is 15.1 Å². The van der Waals surface area contributed by atoms with Gasteiger partial charge in [0, 0.05) is 55.3 Å². The maximum Gasteiger partial charge on any atom is 0.271 e. The van der Waals surface area contributed by atoms with Crippen LogP contribution in [0.1, 0.15) is 61.7 Å². The molecule has 46 heavy (non-hydrogen) atoms. The van der Waals surface area contributed by atoms with Gasteiger partial charge < -0.3 is 42.4 Å². The summed E-state index contributed by atoms with van der Waals surface area (Å²) in [6, 6.07) is 8.40. The number of nitrogens with two attached hydrogens (primary N) is 3. The fourth-order valence-electron chi connectivity index (χ4n) is 5.43. The van der Waals surface area contributed by atoms with Gasteiger partial charge in [-0.15, -0.1) is 0 Å². The average Bonchev–Trinajstić information content (AvgIpc) is 3.35. The van der Waals surface area contributed by atoms with E-state index in [0.29, 0.717) is 43.6 Å². The van der Waals surface area contributed by atoms with Gasteiger partial charge in [-0.25, -0.2) is 4.39 Å². The van der Waals surface area contributed by atoms with Gasteiger partial charge in [0.05, 0.1) is 15.6 Å². The molecule has 2 aromatic carbocycles. The third kappa shape index (κ3) is 8.01. The topological polar surface area (TPSA) is 186 Å². The predicted molar refractivity (Wildman–Crippen MR) is 171 cm³/mol. The van der Waals surface area contributed by atoms with E-state index < -0.39 is 18.0 Å². The summed E-state index contributed by atoms with van der Waals surface area (Å²) in [5.74, 6) is -1.89. The largest absolute Gasteiger partial charge is 0.462 e. The predicted octanol–water partition coefficient (Wildman–Crippen LogP) is 3.47. The lowest BCUT2D eigenvalue weighted by molar-refractivity contribution is -0.138. The number of hydrogen-bond donors (Lipinski definition) is 5. The first kappa shape index (κ1) is 34.4. The normalized spacial score (nSPS) is 19.8. The zero-order chi connectivity index (χ0) is 33.7. The Bertz CT molecular complexity index is 1570. The fourth-order valence-corrected chi connectivity index (χ4v) is 6.00. The molecule has 246 valence electrons. The summed E-state index contributed by atoms with van der Waals surface area (Å²) >= 11 is 12.2. The number of rotatable bonds is 10.